The van der Waals surface area contributed by atoms with Crippen LogP contribution in [0.3, 0.4) is 0 Å². The largest absolute Gasteiger partial charge is 0.373 e. The van der Waals surface area contributed by atoms with E-state index in [-0.39, 0.29) is 17.6 Å². The number of para-hydroxylation sites is 1. The van der Waals surface area contributed by atoms with Crippen LogP contribution in [0, 0.1) is 9.37 Å². The van der Waals surface area contributed by atoms with Crippen molar-refractivity contribution >= 4 is 39.7 Å². The Morgan fingerprint density at radius 3 is 2.48 bits per heavy atom. The number of rotatable bonds is 5. The molecular formula is C18H25NO2S2. The SMILES string of the molecule is CC(C)OC(C)(C)CC(C)(C)C(=O)n1c(=S)sc2ccccc21. The lowest BCUT2D eigenvalue weighted by Gasteiger charge is -2.35. The quantitative estimate of drug-likeness (QED) is 0.648. The number of nitrogens with zero attached hydrogens (tertiary/aromatic N) is 1. The fourth-order valence-electron chi connectivity index (χ4n) is 3.28. The van der Waals surface area contributed by atoms with E-state index in [1.165, 1.54) is 11.3 Å². The van der Waals surface area contributed by atoms with Crippen molar-refractivity contribution in [2.75, 3.05) is 0 Å². The minimum absolute atomic E-state index is 0.0281. The smallest absolute Gasteiger partial charge is 0.238 e. The van der Waals surface area contributed by atoms with Crippen LogP contribution in [0.2, 0.25) is 0 Å². The standard InChI is InChI=1S/C18H25NO2S2/c1-12(2)21-18(5,6)11-17(3,4)15(20)19-13-9-7-8-10-14(13)23-16(19)22/h7-10,12H,11H2,1-6H3. The van der Waals surface area contributed by atoms with Gasteiger partial charge >= 0.3 is 0 Å². The van der Waals surface area contributed by atoms with E-state index < -0.39 is 5.41 Å². The molecule has 0 N–H and O–H groups in total. The number of carbonyl (C=O) groups is 1. The second kappa shape index (κ2) is 6.46. The van der Waals surface area contributed by atoms with E-state index in [9.17, 15) is 4.79 Å². The molecule has 2 rings (SSSR count). The van der Waals surface area contributed by atoms with Crippen molar-refractivity contribution in [3.05, 3.63) is 28.2 Å². The molecule has 0 atom stereocenters. The molecular weight excluding hydrogens is 326 g/mol. The van der Waals surface area contributed by atoms with Gasteiger partial charge in [-0.2, -0.15) is 0 Å². The Morgan fingerprint density at radius 1 is 1.26 bits per heavy atom. The van der Waals surface area contributed by atoms with Crippen molar-refractivity contribution in [3.63, 3.8) is 0 Å². The lowest BCUT2D eigenvalue weighted by atomic mass is 9.80. The number of benzene rings is 1. The number of thiazole rings is 1. The van der Waals surface area contributed by atoms with E-state index >= 15 is 0 Å². The highest BCUT2D eigenvalue weighted by atomic mass is 32.1. The van der Waals surface area contributed by atoms with Gasteiger partial charge in [-0.3, -0.25) is 9.36 Å². The molecule has 1 aromatic heterocycles. The molecule has 0 amide bonds. The summed E-state index contributed by atoms with van der Waals surface area (Å²) in [5.74, 6) is 0.0281. The van der Waals surface area contributed by atoms with Crippen molar-refractivity contribution in [2.24, 2.45) is 5.41 Å². The highest BCUT2D eigenvalue weighted by Crippen LogP contribution is 2.34. The van der Waals surface area contributed by atoms with Crippen LogP contribution in [-0.2, 0) is 4.74 Å². The van der Waals surface area contributed by atoms with Crippen molar-refractivity contribution in [1.82, 2.24) is 4.57 Å². The first-order valence-corrected chi connectivity index (χ1v) is 9.09. The Labute approximate surface area is 147 Å². The van der Waals surface area contributed by atoms with Crippen molar-refractivity contribution in [1.29, 1.82) is 0 Å². The molecule has 0 bridgehead atoms. The summed E-state index contributed by atoms with van der Waals surface area (Å²) in [6.45, 7) is 12.0. The first-order valence-electron chi connectivity index (χ1n) is 7.87. The lowest BCUT2D eigenvalue weighted by Crippen LogP contribution is -2.39. The van der Waals surface area contributed by atoms with Crippen molar-refractivity contribution < 1.29 is 9.53 Å². The Hall–Kier alpha value is -1.04. The molecule has 2 aromatic rings. The van der Waals surface area contributed by atoms with Crippen molar-refractivity contribution in [3.8, 4) is 0 Å². The maximum Gasteiger partial charge on any atom is 0.238 e. The van der Waals surface area contributed by atoms with Crippen LogP contribution in [0.15, 0.2) is 24.3 Å². The third-order valence-electron chi connectivity index (χ3n) is 3.69. The van der Waals surface area contributed by atoms with E-state index in [4.69, 9.17) is 17.0 Å². The molecule has 0 spiro atoms. The highest BCUT2D eigenvalue weighted by Gasteiger charge is 2.37. The average molecular weight is 352 g/mol. The topological polar surface area (TPSA) is 31.2 Å². The zero-order chi connectivity index (χ0) is 17.4. The number of ether oxygens (including phenoxy) is 1. The number of aromatic nitrogens is 1. The van der Waals surface area contributed by atoms with Crippen LogP contribution in [0.1, 0.15) is 52.8 Å². The maximum absolute atomic E-state index is 13.2. The number of fused-ring (bicyclic) bond motifs is 1. The van der Waals surface area contributed by atoms with E-state index in [1.54, 1.807) is 4.57 Å². The second-order valence-corrected chi connectivity index (χ2v) is 9.14. The van der Waals surface area contributed by atoms with Crippen LogP contribution in [0.25, 0.3) is 10.2 Å². The highest BCUT2D eigenvalue weighted by molar-refractivity contribution is 7.73. The van der Waals surface area contributed by atoms with E-state index in [2.05, 4.69) is 0 Å². The molecule has 5 heteroatoms. The number of hydrogen-bond acceptors (Lipinski definition) is 4. The summed E-state index contributed by atoms with van der Waals surface area (Å²) in [6.07, 6.45) is 0.753. The minimum atomic E-state index is -0.569. The molecule has 0 saturated carbocycles. The summed E-state index contributed by atoms with van der Waals surface area (Å²) in [5, 5.41) is 0. The fraction of sp³-hybridized carbons (Fsp3) is 0.556. The van der Waals surface area contributed by atoms with Crippen LogP contribution < -0.4 is 0 Å². The summed E-state index contributed by atoms with van der Waals surface area (Å²) >= 11 is 6.92. The Morgan fingerprint density at radius 2 is 1.87 bits per heavy atom. The van der Waals surface area contributed by atoms with Crippen LogP contribution >= 0.6 is 23.6 Å². The summed E-state index contributed by atoms with van der Waals surface area (Å²) in [7, 11) is 0. The molecule has 0 unspecified atom stereocenters. The molecule has 0 aliphatic heterocycles. The fourth-order valence-corrected chi connectivity index (χ4v) is 4.60. The number of hydrogen-bond donors (Lipinski definition) is 0. The van der Waals surface area contributed by atoms with Gasteiger partial charge in [0, 0.05) is 5.41 Å². The maximum atomic E-state index is 13.2. The average Bonchev–Trinajstić information content (AvgIpc) is 2.70. The van der Waals surface area contributed by atoms with E-state index in [0.29, 0.717) is 10.4 Å². The molecule has 126 valence electrons. The van der Waals surface area contributed by atoms with Crippen molar-refractivity contribution in [2.45, 2.75) is 59.7 Å². The third kappa shape index (κ3) is 4.08. The van der Waals surface area contributed by atoms with Gasteiger partial charge in [-0.15, -0.1) is 11.3 Å². The Bertz CT molecular complexity index is 769. The van der Waals surface area contributed by atoms with Gasteiger partial charge in [0.2, 0.25) is 5.91 Å². The van der Waals surface area contributed by atoms with Crippen LogP contribution in [0.5, 0.6) is 0 Å². The summed E-state index contributed by atoms with van der Waals surface area (Å²) in [4.78, 5) is 13.2. The lowest BCUT2D eigenvalue weighted by molar-refractivity contribution is -0.0751. The van der Waals surface area contributed by atoms with Gasteiger partial charge in [0.05, 0.1) is 21.9 Å². The van der Waals surface area contributed by atoms with E-state index in [1.807, 2.05) is 65.8 Å². The summed E-state index contributed by atoms with van der Waals surface area (Å²) in [5.41, 5.74) is -0.0509. The monoisotopic (exact) mass is 351 g/mol. The molecule has 3 nitrogen and oxygen atoms in total. The Kier molecular flexibility index (Phi) is 5.14. The summed E-state index contributed by atoms with van der Waals surface area (Å²) in [6, 6.07) is 7.85. The summed E-state index contributed by atoms with van der Waals surface area (Å²) < 4.78 is 9.30. The normalized spacial score (nSPS) is 13.0. The predicted molar refractivity (Wildman–Crippen MR) is 100.0 cm³/mol. The molecule has 0 aliphatic rings. The zero-order valence-electron chi connectivity index (χ0n) is 14.7. The molecule has 23 heavy (non-hydrogen) atoms. The Balaban J connectivity index is 2.37. The minimum Gasteiger partial charge on any atom is -0.373 e. The third-order valence-corrected chi connectivity index (χ3v) is 5.05. The van der Waals surface area contributed by atoms with E-state index in [0.717, 1.165) is 10.2 Å². The van der Waals surface area contributed by atoms with Gasteiger partial charge in [0.25, 0.3) is 0 Å². The molecule has 0 fully saturated rings. The predicted octanol–water partition coefficient (Wildman–Crippen LogP) is 5.69. The first kappa shape index (κ1) is 18.3. The molecule has 1 heterocycles. The molecule has 0 saturated heterocycles. The number of carbonyl (C=O) groups excluding carboxylic acids is 1. The molecule has 0 aliphatic carbocycles. The molecule has 1 aromatic carbocycles. The van der Waals surface area contributed by atoms with Gasteiger partial charge in [-0.1, -0.05) is 26.0 Å². The van der Waals surface area contributed by atoms with Crippen LogP contribution in [-0.4, -0.2) is 22.2 Å². The van der Waals surface area contributed by atoms with Gasteiger partial charge in [-0.05, 0) is 58.5 Å². The van der Waals surface area contributed by atoms with Gasteiger partial charge in [0.15, 0.2) is 3.95 Å². The second-order valence-electron chi connectivity index (χ2n) is 7.46. The molecule has 0 radical (unpaired) electrons. The van der Waals surface area contributed by atoms with Gasteiger partial charge < -0.3 is 4.74 Å². The van der Waals surface area contributed by atoms with Gasteiger partial charge in [-0.25, -0.2) is 0 Å². The van der Waals surface area contributed by atoms with Crippen LogP contribution in [0.4, 0.5) is 0 Å². The first-order chi connectivity index (χ1) is 10.5. The van der Waals surface area contributed by atoms with Gasteiger partial charge in [0.1, 0.15) is 0 Å². The zero-order valence-corrected chi connectivity index (χ0v) is 16.3.